The fourth-order valence-electron chi connectivity index (χ4n) is 0.176. The Morgan fingerprint density at radius 2 is 1.23 bits per heavy atom. The van der Waals surface area contributed by atoms with E-state index in [2.05, 4.69) is 0 Å². The molecular formula is F8N2S3. The van der Waals surface area contributed by atoms with Crippen LogP contribution in [0.25, 0.3) is 0 Å². The Kier molecular flexibility index (Phi) is 2.81. The van der Waals surface area contributed by atoms with Crippen LogP contribution in [0.2, 0.25) is 0 Å². The summed E-state index contributed by atoms with van der Waals surface area (Å²) in [5.74, 6) is 0. The molecule has 0 radical (unpaired) electrons. The van der Waals surface area contributed by atoms with E-state index in [-0.39, 0.29) is 0 Å². The van der Waals surface area contributed by atoms with Crippen molar-refractivity contribution in [2.24, 2.45) is 7.54 Å². The fourth-order valence-corrected chi connectivity index (χ4v) is 1.83. The molecule has 0 aliphatic carbocycles. The SMILES string of the molecule is FS(F)=N/S(F)=N/S(F)(F)(F)(F)F. The molecule has 2 nitrogen and oxygen atoms in total. The summed E-state index contributed by atoms with van der Waals surface area (Å²) < 4.78 is 91.7. The van der Waals surface area contributed by atoms with Crippen LogP contribution in [0.1, 0.15) is 0 Å². The van der Waals surface area contributed by atoms with Crippen LogP contribution < -0.4 is 0 Å². The molecule has 0 aromatic heterocycles. The third kappa shape index (κ3) is 10.0. The molecule has 1 unspecified atom stereocenters. The van der Waals surface area contributed by atoms with E-state index in [0.717, 1.165) is 0 Å². The van der Waals surface area contributed by atoms with Crippen molar-refractivity contribution in [2.75, 3.05) is 0 Å². The normalized spacial score (nSPS) is 21.0. The second-order valence-electron chi connectivity index (χ2n) is 1.49. The van der Waals surface area contributed by atoms with Gasteiger partial charge in [-0.1, -0.05) is 27.0 Å². The van der Waals surface area contributed by atoms with Gasteiger partial charge in [0.1, 0.15) is 0 Å². The molecule has 0 amide bonds. The number of hydrogen-bond acceptors (Lipinski definition) is 1. The number of rotatable bonds is 2. The van der Waals surface area contributed by atoms with Crippen molar-refractivity contribution in [3.63, 3.8) is 0 Å². The standard InChI is InChI=1S/F8N2S3/c1-11(2)9-12(3)10-13(4,5,6,7)8. The Hall–Kier alpha value is 0.0900. The zero-order valence-electron chi connectivity index (χ0n) is 5.14. The van der Waals surface area contributed by atoms with Crippen LogP contribution in [0.3, 0.4) is 0 Å². The highest BCUT2D eigenvalue weighted by atomic mass is 32.5. The Morgan fingerprint density at radius 3 is 1.46 bits per heavy atom. The molecule has 0 heterocycles. The van der Waals surface area contributed by atoms with Crippen LogP contribution in [0, 0.1) is 0 Å². The van der Waals surface area contributed by atoms with Gasteiger partial charge in [-0.3, -0.25) is 0 Å². The van der Waals surface area contributed by atoms with Gasteiger partial charge in [-0.05, 0) is 0 Å². The highest BCUT2D eigenvalue weighted by Gasteiger charge is 2.65. The molecule has 1 atom stereocenters. The maximum absolute atomic E-state index is 11.7. The van der Waals surface area contributed by atoms with Crippen molar-refractivity contribution in [1.29, 1.82) is 0 Å². The third-order valence-electron chi connectivity index (χ3n) is 0.320. The lowest BCUT2D eigenvalue weighted by atomic mass is 13.9. The summed E-state index contributed by atoms with van der Waals surface area (Å²) >= 11 is -8.32. The van der Waals surface area contributed by atoms with Crippen LogP contribution in [0.15, 0.2) is 7.54 Å². The molecular weight excluding hydrogens is 276 g/mol. The van der Waals surface area contributed by atoms with Crippen molar-refractivity contribution in [3.05, 3.63) is 0 Å². The van der Waals surface area contributed by atoms with E-state index in [1.54, 1.807) is 0 Å². The second-order valence-corrected chi connectivity index (χ2v) is 5.37. The second kappa shape index (κ2) is 2.79. The summed E-state index contributed by atoms with van der Waals surface area (Å²) in [6.07, 6.45) is 0. The summed E-state index contributed by atoms with van der Waals surface area (Å²) in [4.78, 5) is 0. The molecule has 13 heavy (non-hydrogen) atoms. The Labute approximate surface area is 72.4 Å². The quantitative estimate of drug-likeness (QED) is 0.669. The van der Waals surface area contributed by atoms with Crippen LogP contribution in [-0.4, -0.2) is 0 Å². The van der Waals surface area contributed by atoms with Gasteiger partial charge in [0.25, 0.3) is 11.5 Å². The first kappa shape index (κ1) is 13.1. The van der Waals surface area contributed by atoms with E-state index >= 15 is 0 Å². The highest BCUT2D eigenvalue weighted by molar-refractivity contribution is 8.46. The third-order valence-corrected chi connectivity index (χ3v) is 2.88. The molecule has 13 heteroatoms. The molecule has 0 N–H and O–H groups in total. The van der Waals surface area contributed by atoms with Gasteiger partial charge in [0.15, 0.2) is 0 Å². The number of halogens is 8. The van der Waals surface area contributed by atoms with Gasteiger partial charge in [0, 0.05) is 0 Å². The zero-order chi connectivity index (χ0) is 11.0. The molecule has 0 rings (SSSR count). The lowest BCUT2D eigenvalue weighted by molar-refractivity contribution is 0.368. The minimum Gasteiger partial charge on any atom is -0.127 e. The molecule has 0 saturated carbocycles. The van der Waals surface area contributed by atoms with Crippen LogP contribution in [-0.2, 0) is 22.7 Å². The van der Waals surface area contributed by atoms with Gasteiger partial charge in [-0.25, -0.2) is 0 Å². The smallest absolute Gasteiger partial charge is 0.127 e. The van der Waals surface area contributed by atoms with E-state index in [9.17, 15) is 31.1 Å². The van der Waals surface area contributed by atoms with Gasteiger partial charge in [0.2, 0.25) is 11.3 Å². The van der Waals surface area contributed by atoms with Gasteiger partial charge >= 0.3 is 10.4 Å². The average molecular weight is 276 g/mol. The minimum absolute atomic E-state index is 0.419. The fraction of sp³-hybridized carbons (Fsp3) is 0. The van der Waals surface area contributed by atoms with Crippen LogP contribution >= 0.6 is 10.4 Å². The van der Waals surface area contributed by atoms with Gasteiger partial charge in [-0.2, -0.15) is 0 Å². The van der Waals surface area contributed by atoms with Crippen molar-refractivity contribution in [3.8, 4) is 0 Å². The monoisotopic (exact) mass is 276 g/mol. The summed E-state index contributed by atoms with van der Waals surface area (Å²) in [6, 6.07) is 0. The van der Waals surface area contributed by atoms with Crippen LogP contribution in [0.4, 0.5) is 31.1 Å². The maximum atomic E-state index is 11.7. The Morgan fingerprint density at radius 1 is 0.846 bits per heavy atom. The first-order valence-corrected chi connectivity index (χ1v) is 5.89. The highest BCUT2D eigenvalue weighted by Crippen LogP contribution is 2.99. The summed E-state index contributed by atoms with van der Waals surface area (Å²) in [5.41, 5.74) is 0. The van der Waals surface area contributed by atoms with E-state index < -0.39 is 33.1 Å². The lowest BCUT2D eigenvalue weighted by Gasteiger charge is -2.33. The van der Waals surface area contributed by atoms with Gasteiger partial charge in [0.05, 0.1) is 0 Å². The van der Waals surface area contributed by atoms with E-state index in [1.165, 1.54) is 3.77 Å². The largest absolute Gasteiger partial charge is 0.390 e. The molecule has 0 fully saturated rings. The van der Waals surface area contributed by atoms with Crippen molar-refractivity contribution >= 4 is 33.1 Å². The molecule has 0 aliphatic heterocycles. The Bertz CT molecular complexity index is 264. The molecule has 0 aliphatic rings. The zero-order valence-corrected chi connectivity index (χ0v) is 7.59. The molecule has 0 spiro atoms. The van der Waals surface area contributed by atoms with Crippen molar-refractivity contribution < 1.29 is 31.1 Å². The molecule has 0 bridgehead atoms. The minimum atomic E-state index is -10.3. The molecule has 0 saturated heterocycles. The lowest BCUT2D eigenvalue weighted by Crippen LogP contribution is -2.00. The average Bonchev–Trinajstić information content (AvgIpc) is 1.48. The first-order chi connectivity index (χ1) is 5.29. The first-order valence-electron chi connectivity index (χ1n) is 1.96. The van der Waals surface area contributed by atoms with Crippen molar-refractivity contribution in [2.45, 2.75) is 0 Å². The predicted molar refractivity (Wildman–Crippen MR) is 36.0 cm³/mol. The predicted octanol–water partition coefficient (Wildman–Crippen LogP) is 4.37. The molecule has 0 aromatic rings. The Balaban J connectivity index is 5.12. The van der Waals surface area contributed by atoms with Crippen molar-refractivity contribution in [1.82, 2.24) is 0 Å². The van der Waals surface area contributed by atoms with Crippen LogP contribution in [0.5, 0.6) is 0 Å². The van der Waals surface area contributed by atoms with Gasteiger partial charge in [-0.15, -0.1) is 11.7 Å². The number of nitrogens with zero attached hydrogens (tertiary/aromatic N) is 2. The molecule has 84 valence electrons. The van der Waals surface area contributed by atoms with E-state index in [4.69, 9.17) is 0 Å². The van der Waals surface area contributed by atoms with Gasteiger partial charge < -0.3 is 0 Å². The maximum Gasteiger partial charge on any atom is 0.390 e. The summed E-state index contributed by atoms with van der Waals surface area (Å²) in [5, 5.41) is 0. The van der Waals surface area contributed by atoms with E-state index in [1.807, 2.05) is 0 Å². The topological polar surface area (TPSA) is 24.7 Å². The van der Waals surface area contributed by atoms with E-state index in [0.29, 0.717) is 3.77 Å². The molecule has 0 aromatic carbocycles. The number of hydrogen-bond donors (Lipinski definition) is 0. The summed E-state index contributed by atoms with van der Waals surface area (Å²) in [7, 11) is -10.3. The summed E-state index contributed by atoms with van der Waals surface area (Å²) in [6.45, 7) is 0.